The molecule has 5 rings (SSSR count). The average Bonchev–Trinajstić information content (AvgIpc) is 3.12. The Balaban J connectivity index is 1.36. The van der Waals surface area contributed by atoms with E-state index in [1.54, 1.807) is 17.4 Å². The number of fused-ring (bicyclic) bond motifs is 3. The van der Waals surface area contributed by atoms with Gasteiger partial charge in [0.2, 0.25) is 0 Å². The summed E-state index contributed by atoms with van der Waals surface area (Å²) in [5.74, 6) is 1.98. The zero-order valence-electron chi connectivity index (χ0n) is 16.2. The van der Waals surface area contributed by atoms with Crippen LogP contribution in [0.3, 0.4) is 0 Å². The smallest absolute Gasteiger partial charge is 0.186 e. The highest BCUT2D eigenvalue weighted by Gasteiger charge is 2.36. The van der Waals surface area contributed by atoms with Gasteiger partial charge in [-0.2, -0.15) is 0 Å². The average molecular weight is 447 g/mol. The van der Waals surface area contributed by atoms with Crippen LogP contribution in [0.4, 0.5) is 10.8 Å². The number of thiazole rings is 1. The van der Waals surface area contributed by atoms with E-state index < -0.39 is 0 Å². The van der Waals surface area contributed by atoms with Gasteiger partial charge in [0.05, 0.1) is 22.5 Å². The van der Waals surface area contributed by atoms with Crippen molar-refractivity contribution in [2.75, 3.05) is 42.6 Å². The van der Waals surface area contributed by atoms with Crippen LogP contribution in [0.2, 0.25) is 10.0 Å². The molecule has 2 atom stereocenters. The van der Waals surface area contributed by atoms with E-state index in [0.29, 0.717) is 23.5 Å². The summed E-state index contributed by atoms with van der Waals surface area (Å²) in [4.78, 5) is 9.75. The van der Waals surface area contributed by atoms with Gasteiger partial charge in [-0.1, -0.05) is 34.5 Å². The van der Waals surface area contributed by atoms with Crippen molar-refractivity contribution in [2.45, 2.75) is 13.3 Å². The van der Waals surface area contributed by atoms with E-state index in [0.717, 1.165) is 58.0 Å². The number of aromatic nitrogens is 1. The van der Waals surface area contributed by atoms with Gasteiger partial charge in [-0.05, 0) is 55.5 Å². The lowest BCUT2D eigenvalue weighted by Crippen LogP contribution is -2.53. The molecule has 7 heteroatoms. The first-order chi connectivity index (χ1) is 14.1. The number of anilines is 2. The molecule has 2 aromatic carbocycles. The van der Waals surface area contributed by atoms with Crippen LogP contribution in [-0.2, 0) is 0 Å². The minimum absolute atomic E-state index is 0.589. The highest BCUT2D eigenvalue weighted by molar-refractivity contribution is 7.22. The second kappa shape index (κ2) is 7.86. The first-order valence-corrected chi connectivity index (χ1v) is 11.6. The maximum atomic E-state index is 6.27. The Bertz CT molecular complexity index is 1030. The number of nitrogens with zero attached hydrogens (tertiary/aromatic N) is 3. The van der Waals surface area contributed by atoms with Gasteiger partial charge in [0.15, 0.2) is 10.9 Å². The molecular formula is C22H22Cl2N3OS. The zero-order chi connectivity index (χ0) is 20.0. The van der Waals surface area contributed by atoms with Crippen LogP contribution >= 0.6 is 34.5 Å². The first-order valence-electron chi connectivity index (χ1n) is 9.99. The molecule has 0 saturated carbocycles. The Labute approximate surface area is 185 Å². The van der Waals surface area contributed by atoms with Crippen LogP contribution in [0, 0.1) is 17.9 Å². The molecule has 1 aromatic heterocycles. The van der Waals surface area contributed by atoms with Gasteiger partial charge in [-0.25, -0.2) is 4.98 Å². The lowest BCUT2D eigenvalue weighted by molar-refractivity contribution is 0.273. The van der Waals surface area contributed by atoms with E-state index in [1.165, 1.54) is 6.42 Å². The maximum Gasteiger partial charge on any atom is 0.186 e. The Morgan fingerprint density at radius 3 is 2.62 bits per heavy atom. The number of hydrogen-bond donors (Lipinski definition) is 0. The van der Waals surface area contributed by atoms with Crippen molar-refractivity contribution in [3.05, 3.63) is 46.4 Å². The summed E-state index contributed by atoms with van der Waals surface area (Å²) in [5.41, 5.74) is 2.10. The fourth-order valence-electron chi connectivity index (χ4n) is 4.60. The molecule has 0 amide bonds. The van der Waals surface area contributed by atoms with Crippen LogP contribution in [0.5, 0.6) is 5.75 Å². The number of rotatable bonds is 4. The Morgan fingerprint density at radius 2 is 1.86 bits per heavy atom. The fraction of sp³-hybridized carbons (Fsp3) is 0.409. The topological polar surface area (TPSA) is 28.6 Å². The summed E-state index contributed by atoms with van der Waals surface area (Å²) in [6, 6.07) is 12.9. The van der Waals surface area contributed by atoms with Crippen molar-refractivity contribution >= 4 is 55.6 Å². The van der Waals surface area contributed by atoms with E-state index in [2.05, 4.69) is 15.9 Å². The normalized spacial score (nSPS) is 21.6. The second-order valence-electron chi connectivity index (χ2n) is 7.85. The number of ether oxygens (including phenoxy) is 1. The van der Waals surface area contributed by atoms with Crippen LogP contribution < -0.4 is 14.5 Å². The number of hydrogen-bond acceptors (Lipinski definition) is 5. The largest absolute Gasteiger partial charge is 0.491 e. The molecule has 2 saturated heterocycles. The Kier molecular flexibility index (Phi) is 5.23. The molecule has 2 aliphatic heterocycles. The predicted octanol–water partition coefficient (Wildman–Crippen LogP) is 5.76. The number of benzene rings is 2. The third-order valence-electron chi connectivity index (χ3n) is 5.67. The third kappa shape index (κ3) is 3.88. The van der Waals surface area contributed by atoms with E-state index in [9.17, 15) is 0 Å². The molecule has 2 fully saturated rings. The SMILES string of the molecule is CCOc1[c]cc(Cl)cc1N1CC2CC(CN(c3nc4ccc(Cl)cc4s3)C2)C1. The molecule has 2 aliphatic rings. The molecular weight excluding hydrogens is 425 g/mol. The molecule has 29 heavy (non-hydrogen) atoms. The second-order valence-corrected chi connectivity index (χ2v) is 9.73. The lowest BCUT2D eigenvalue weighted by atomic mass is 9.84. The molecule has 3 aromatic rings. The minimum Gasteiger partial charge on any atom is -0.491 e. The minimum atomic E-state index is 0.589. The van der Waals surface area contributed by atoms with Gasteiger partial charge in [-0.3, -0.25) is 0 Å². The summed E-state index contributed by atoms with van der Waals surface area (Å²) in [5, 5.41) is 2.58. The van der Waals surface area contributed by atoms with Gasteiger partial charge in [0.25, 0.3) is 0 Å². The Morgan fingerprint density at radius 1 is 1.10 bits per heavy atom. The van der Waals surface area contributed by atoms with Gasteiger partial charge in [0, 0.05) is 42.3 Å². The van der Waals surface area contributed by atoms with Gasteiger partial charge < -0.3 is 14.5 Å². The van der Waals surface area contributed by atoms with E-state index in [-0.39, 0.29) is 0 Å². The van der Waals surface area contributed by atoms with Crippen molar-refractivity contribution < 1.29 is 4.74 Å². The number of piperidine rings is 2. The van der Waals surface area contributed by atoms with Gasteiger partial charge in [-0.15, -0.1) is 0 Å². The molecule has 151 valence electrons. The van der Waals surface area contributed by atoms with E-state index >= 15 is 0 Å². The molecule has 4 nitrogen and oxygen atoms in total. The van der Waals surface area contributed by atoms with Crippen molar-refractivity contribution in [3.8, 4) is 5.75 Å². The summed E-state index contributed by atoms with van der Waals surface area (Å²) < 4.78 is 6.97. The highest BCUT2D eigenvalue weighted by atomic mass is 35.5. The number of halogens is 2. The molecule has 1 radical (unpaired) electrons. The molecule has 2 unspecified atom stereocenters. The van der Waals surface area contributed by atoms with Crippen molar-refractivity contribution in [1.29, 1.82) is 0 Å². The Hall–Kier alpha value is -1.69. The standard InChI is InChI=1S/C22H22Cl2N3OS/c1-2-28-20-6-4-16(23)8-19(20)26-10-14-7-15(11-26)13-27(12-14)22-25-18-5-3-17(24)9-21(18)29-22/h3-5,8-9,14-15H,2,7,10-13H2,1H3. The molecule has 3 heterocycles. The highest BCUT2D eigenvalue weighted by Crippen LogP contribution is 2.39. The van der Waals surface area contributed by atoms with Crippen molar-refractivity contribution in [1.82, 2.24) is 4.98 Å². The van der Waals surface area contributed by atoms with Crippen LogP contribution in [-0.4, -0.2) is 37.8 Å². The van der Waals surface area contributed by atoms with Crippen LogP contribution in [0.25, 0.3) is 10.2 Å². The molecule has 0 aliphatic carbocycles. The molecule has 0 spiro atoms. The molecule has 2 bridgehead atoms. The third-order valence-corrected chi connectivity index (χ3v) is 7.20. The quantitative estimate of drug-likeness (QED) is 0.508. The summed E-state index contributed by atoms with van der Waals surface area (Å²) >= 11 is 14.2. The summed E-state index contributed by atoms with van der Waals surface area (Å²) in [6.07, 6.45) is 1.26. The molecule has 0 N–H and O–H groups in total. The zero-order valence-corrected chi connectivity index (χ0v) is 18.5. The maximum absolute atomic E-state index is 6.27. The lowest BCUT2D eigenvalue weighted by Gasteiger charge is -2.46. The summed E-state index contributed by atoms with van der Waals surface area (Å²) in [6.45, 7) is 6.67. The monoisotopic (exact) mass is 446 g/mol. The van der Waals surface area contributed by atoms with Gasteiger partial charge in [0.1, 0.15) is 0 Å². The van der Waals surface area contributed by atoms with Gasteiger partial charge >= 0.3 is 0 Å². The van der Waals surface area contributed by atoms with E-state index in [4.69, 9.17) is 32.9 Å². The first kappa shape index (κ1) is 19.3. The summed E-state index contributed by atoms with van der Waals surface area (Å²) in [7, 11) is 0. The fourth-order valence-corrected chi connectivity index (χ4v) is 6.01. The van der Waals surface area contributed by atoms with Crippen LogP contribution in [0.1, 0.15) is 13.3 Å². The van der Waals surface area contributed by atoms with Crippen molar-refractivity contribution in [2.24, 2.45) is 11.8 Å². The van der Waals surface area contributed by atoms with Crippen LogP contribution in [0.15, 0.2) is 30.3 Å². The van der Waals surface area contributed by atoms with E-state index in [1.807, 2.05) is 31.2 Å². The van der Waals surface area contributed by atoms with Crippen molar-refractivity contribution in [3.63, 3.8) is 0 Å². The predicted molar refractivity (Wildman–Crippen MR) is 122 cm³/mol.